The minimum absolute atomic E-state index is 0.0165. The van der Waals surface area contributed by atoms with Crippen molar-refractivity contribution in [2.24, 2.45) is 0 Å². The Morgan fingerprint density at radius 2 is 2.22 bits per heavy atom. The maximum atomic E-state index is 13.1. The van der Waals surface area contributed by atoms with Crippen LogP contribution in [0.2, 0.25) is 0 Å². The van der Waals surface area contributed by atoms with Crippen LogP contribution in [0.25, 0.3) is 0 Å². The summed E-state index contributed by atoms with van der Waals surface area (Å²) in [6.07, 6.45) is 2.18. The third-order valence-electron chi connectivity index (χ3n) is 3.21. The standard InChI is InChI=1S/C12H16F2N2O2/c1-2-18-12(17)9-7-15-16(10(9)11(13)14)8-5-3-4-6-8/h7-8,11H,2-6H2,1H3. The van der Waals surface area contributed by atoms with Gasteiger partial charge in [-0.05, 0) is 19.8 Å². The Balaban J connectivity index is 2.33. The van der Waals surface area contributed by atoms with Crippen LogP contribution in [-0.2, 0) is 4.74 Å². The molecule has 0 saturated heterocycles. The molecule has 1 heterocycles. The summed E-state index contributed by atoms with van der Waals surface area (Å²) in [5.74, 6) is -0.725. The van der Waals surface area contributed by atoms with Crippen LogP contribution in [0.5, 0.6) is 0 Å². The van der Waals surface area contributed by atoms with Crippen LogP contribution in [0.4, 0.5) is 8.78 Å². The van der Waals surface area contributed by atoms with Crippen LogP contribution in [0.1, 0.15) is 61.1 Å². The quantitative estimate of drug-likeness (QED) is 0.779. The van der Waals surface area contributed by atoms with Crippen molar-refractivity contribution in [3.63, 3.8) is 0 Å². The number of alkyl halides is 2. The number of nitrogens with zero attached hydrogens (tertiary/aromatic N) is 2. The lowest BCUT2D eigenvalue weighted by atomic mass is 10.2. The number of halogens is 2. The molecule has 1 saturated carbocycles. The zero-order valence-corrected chi connectivity index (χ0v) is 10.2. The summed E-state index contributed by atoms with van der Waals surface area (Å²) in [5, 5.41) is 3.96. The largest absolute Gasteiger partial charge is 0.462 e. The first kappa shape index (κ1) is 13.0. The second kappa shape index (κ2) is 5.46. The summed E-state index contributed by atoms with van der Waals surface area (Å²) in [6, 6.07) is -0.0165. The Labute approximate surface area is 104 Å². The SMILES string of the molecule is CCOC(=O)c1cnn(C2CCCC2)c1C(F)F. The van der Waals surface area contributed by atoms with Gasteiger partial charge in [-0.3, -0.25) is 4.68 Å². The first-order valence-electron chi connectivity index (χ1n) is 6.17. The highest BCUT2D eigenvalue weighted by Gasteiger charge is 2.29. The van der Waals surface area contributed by atoms with E-state index in [1.807, 2.05) is 0 Å². The molecule has 18 heavy (non-hydrogen) atoms. The average Bonchev–Trinajstić information content (AvgIpc) is 2.97. The first-order valence-corrected chi connectivity index (χ1v) is 6.17. The van der Waals surface area contributed by atoms with E-state index in [-0.39, 0.29) is 23.9 Å². The number of hydrogen-bond donors (Lipinski definition) is 0. The summed E-state index contributed by atoms with van der Waals surface area (Å²) >= 11 is 0. The van der Waals surface area contributed by atoms with Gasteiger partial charge in [0.15, 0.2) is 0 Å². The monoisotopic (exact) mass is 258 g/mol. The lowest BCUT2D eigenvalue weighted by Gasteiger charge is -2.14. The first-order chi connectivity index (χ1) is 8.65. The van der Waals surface area contributed by atoms with E-state index < -0.39 is 12.4 Å². The van der Waals surface area contributed by atoms with Crippen molar-refractivity contribution in [1.29, 1.82) is 0 Å². The lowest BCUT2D eigenvalue weighted by Crippen LogP contribution is -2.14. The Morgan fingerprint density at radius 3 is 2.78 bits per heavy atom. The molecule has 1 aliphatic carbocycles. The number of carbonyl (C=O) groups excluding carboxylic acids is 1. The van der Waals surface area contributed by atoms with Gasteiger partial charge in [-0.15, -0.1) is 0 Å². The van der Waals surface area contributed by atoms with Gasteiger partial charge in [-0.25, -0.2) is 13.6 Å². The zero-order chi connectivity index (χ0) is 13.1. The minimum Gasteiger partial charge on any atom is -0.462 e. The molecule has 1 fully saturated rings. The molecule has 0 bridgehead atoms. The molecule has 6 heteroatoms. The zero-order valence-electron chi connectivity index (χ0n) is 10.2. The molecule has 1 aromatic heterocycles. The molecule has 0 radical (unpaired) electrons. The Bertz CT molecular complexity index is 426. The number of ether oxygens (including phenoxy) is 1. The maximum absolute atomic E-state index is 13.1. The molecular formula is C12H16F2N2O2. The van der Waals surface area contributed by atoms with Crippen LogP contribution in [0, 0.1) is 0 Å². The normalized spacial score (nSPS) is 16.4. The van der Waals surface area contributed by atoms with Gasteiger partial charge in [0.05, 0.1) is 18.8 Å². The predicted octanol–water partition coefficient (Wildman–Crippen LogP) is 3.11. The second-order valence-corrected chi connectivity index (χ2v) is 4.35. The van der Waals surface area contributed by atoms with E-state index in [0.29, 0.717) is 0 Å². The molecule has 0 N–H and O–H groups in total. The van der Waals surface area contributed by atoms with E-state index in [2.05, 4.69) is 5.10 Å². The van der Waals surface area contributed by atoms with E-state index in [1.54, 1.807) is 6.92 Å². The topological polar surface area (TPSA) is 44.1 Å². The molecule has 0 atom stereocenters. The fraction of sp³-hybridized carbons (Fsp3) is 0.667. The average molecular weight is 258 g/mol. The molecule has 1 aliphatic rings. The van der Waals surface area contributed by atoms with Crippen LogP contribution in [0.15, 0.2) is 6.20 Å². The molecule has 0 aromatic carbocycles. The molecule has 0 aliphatic heterocycles. The number of carbonyl (C=O) groups is 1. The van der Waals surface area contributed by atoms with Crippen molar-refractivity contribution in [1.82, 2.24) is 9.78 Å². The van der Waals surface area contributed by atoms with Gasteiger partial charge in [-0.1, -0.05) is 12.8 Å². The summed E-state index contributed by atoms with van der Waals surface area (Å²) in [6.45, 7) is 1.80. The highest BCUT2D eigenvalue weighted by molar-refractivity contribution is 5.90. The van der Waals surface area contributed by atoms with Gasteiger partial charge in [0, 0.05) is 0 Å². The molecule has 1 aromatic rings. The summed E-state index contributed by atoms with van der Waals surface area (Å²) in [7, 11) is 0. The van der Waals surface area contributed by atoms with E-state index >= 15 is 0 Å². The van der Waals surface area contributed by atoms with Gasteiger partial charge in [0.2, 0.25) is 0 Å². The van der Waals surface area contributed by atoms with Crippen LogP contribution in [-0.4, -0.2) is 22.4 Å². The fourth-order valence-corrected chi connectivity index (χ4v) is 2.40. The van der Waals surface area contributed by atoms with E-state index in [4.69, 9.17) is 4.74 Å². The predicted molar refractivity (Wildman–Crippen MR) is 60.6 cm³/mol. The van der Waals surface area contributed by atoms with Crippen molar-refractivity contribution in [2.45, 2.75) is 45.1 Å². The molecule has 0 amide bonds. The second-order valence-electron chi connectivity index (χ2n) is 4.35. The van der Waals surface area contributed by atoms with Gasteiger partial charge >= 0.3 is 5.97 Å². The third kappa shape index (κ3) is 2.37. The number of rotatable bonds is 4. The van der Waals surface area contributed by atoms with Crippen molar-refractivity contribution < 1.29 is 18.3 Å². The van der Waals surface area contributed by atoms with Crippen LogP contribution < -0.4 is 0 Å². The van der Waals surface area contributed by atoms with Gasteiger partial charge in [0.25, 0.3) is 6.43 Å². The lowest BCUT2D eigenvalue weighted by molar-refractivity contribution is 0.0513. The summed E-state index contributed by atoms with van der Waals surface area (Å²) in [4.78, 5) is 11.6. The summed E-state index contributed by atoms with van der Waals surface area (Å²) in [5.41, 5.74) is -0.417. The van der Waals surface area contributed by atoms with E-state index in [1.165, 1.54) is 10.9 Å². The number of aromatic nitrogens is 2. The highest BCUT2D eigenvalue weighted by atomic mass is 19.3. The van der Waals surface area contributed by atoms with Gasteiger partial charge < -0.3 is 4.74 Å². The van der Waals surface area contributed by atoms with Crippen molar-refractivity contribution >= 4 is 5.97 Å². The highest BCUT2D eigenvalue weighted by Crippen LogP contribution is 2.34. The third-order valence-corrected chi connectivity index (χ3v) is 3.21. The number of hydrogen-bond acceptors (Lipinski definition) is 3. The molecule has 4 nitrogen and oxygen atoms in total. The van der Waals surface area contributed by atoms with Gasteiger partial charge in [-0.2, -0.15) is 5.10 Å². The van der Waals surface area contributed by atoms with Gasteiger partial charge in [0.1, 0.15) is 11.3 Å². The molecular weight excluding hydrogens is 242 g/mol. The fourth-order valence-electron chi connectivity index (χ4n) is 2.40. The van der Waals surface area contributed by atoms with E-state index in [9.17, 15) is 13.6 Å². The molecule has 100 valence electrons. The molecule has 0 unspecified atom stereocenters. The van der Waals surface area contributed by atoms with Crippen molar-refractivity contribution in [2.75, 3.05) is 6.61 Å². The van der Waals surface area contributed by atoms with Crippen LogP contribution >= 0.6 is 0 Å². The van der Waals surface area contributed by atoms with Crippen LogP contribution in [0.3, 0.4) is 0 Å². The molecule has 0 spiro atoms. The van der Waals surface area contributed by atoms with Crippen molar-refractivity contribution in [3.8, 4) is 0 Å². The van der Waals surface area contributed by atoms with Crippen molar-refractivity contribution in [3.05, 3.63) is 17.5 Å². The molecule has 2 rings (SSSR count). The minimum atomic E-state index is -2.72. The van der Waals surface area contributed by atoms with E-state index in [0.717, 1.165) is 25.7 Å². The maximum Gasteiger partial charge on any atom is 0.341 e. The Hall–Kier alpha value is -1.46. The smallest absolute Gasteiger partial charge is 0.341 e. The Morgan fingerprint density at radius 1 is 1.56 bits per heavy atom. The Kier molecular flexibility index (Phi) is 3.93. The number of esters is 1. The summed E-state index contributed by atoms with van der Waals surface area (Å²) < 4.78 is 32.3.